The third kappa shape index (κ3) is 5.99. The fourth-order valence-electron chi connectivity index (χ4n) is 2.38. The van der Waals surface area contributed by atoms with Gasteiger partial charge in [-0.25, -0.2) is 0 Å². The van der Waals surface area contributed by atoms with E-state index in [-0.39, 0.29) is 18.0 Å². The zero-order valence-corrected chi connectivity index (χ0v) is 12.3. The zero-order valence-electron chi connectivity index (χ0n) is 11.5. The molecule has 0 aliphatic carbocycles. The molecule has 1 fully saturated rings. The zero-order chi connectivity index (χ0) is 15.3. The largest absolute Gasteiger partial charge is 0.573 e. The number of alkyl halides is 3. The maximum absolute atomic E-state index is 12.0. The van der Waals surface area contributed by atoms with Crippen molar-refractivity contribution in [3.05, 3.63) is 29.8 Å². The van der Waals surface area contributed by atoms with E-state index in [0.717, 1.165) is 29.9 Å². The molecule has 0 unspecified atom stereocenters. The molecule has 1 aromatic rings. The number of halogens is 3. The summed E-state index contributed by atoms with van der Waals surface area (Å²) in [4.78, 5) is 12.0. The highest BCUT2D eigenvalue weighted by Gasteiger charge is 2.31. The molecule has 6 heteroatoms. The summed E-state index contributed by atoms with van der Waals surface area (Å²) in [5.74, 6) is 2.58. The van der Waals surface area contributed by atoms with Crippen molar-refractivity contribution >= 4 is 17.5 Å². The molecule has 1 heterocycles. The van der Waals surface area contributed by atoms with E-state index in [4.69, 9.17) is 0 Å². The van der Waals surface area contributed by atoms with Gasteiger partial charge in [0.15, 0.2) is 0 Å². The predicted molar refractivity (Wildman–Crippen MR) is 76.5 cm³/mol. The van der Waals surface area contributed by atoms with Crippen LogP contribution in [0.3, 0.4) is 0 Å². The molecule has 0 bridgehead atoms. The summed E-state index contributed by atoms with van der Waals surface area (Å²) in [6.07, 6.45) is -1.68. The van der Waals surface area contributed by atoms with Gasteiger partial charge >= 0.3 is 6.36 Å². The summed E-state index contributed by atoms with van der Waals surface area (Å²) in [6, 6.07) is 5.51. The minimum Gasteiger partial charge on any atom is -0.406 e. The second kappa shape index (κ2) is 7.20. The first-order valence-corrected chi connectivity index (χ1v) is 8.02. The first kappa shape index (κ1) is 16.2. The molecule has 0 N–H and O–H groups in total. The van der Waals surface area contributed by atoms with Gasteiger partial charge in [-0.3, -0.25) is 4.79 Å². The number of benzene rings is 1. The van der Waals surface area contributed by atoms with Gasteiger partial charge in [-0.05, 0) is 48.0 Å². The number of carbonyl (C=O) groups is 1. The Hall–Kier alpha value is -1.17. The number of Topliss-reactive ketones (excluding diaryl/α,β-unsaturated/α-hetero) is 1. The Kier molecular flexibility index (Phi) is 5.56. The Morgan fingerprint density at radius 1 is 1.19 bits per heavy atom. The molecule has 0 aromatic heterocycles. The molecule has 1 aliphatic heterocycles. The van der Waals surface area contributed by atoms with Gasteiger partial charge in [0.05, 0.1) is 0 Å². The summed E-state index contributed by atoms with van der Waals surface area (Å²) < 4.78 is 39.9. The number of ether oxygens (including phenoxy) is 1. The van der Waals surface area contributed by atoms with Crippen LogP contribution in [0.4, 0.5) is 13.2 Å². The van der Waals surface area contributed by atoms with Gasteiger partial charge in [0.1, 0.15) is 11.5 Å². The second-order valence-corrected chi connectivity index (χ2v) is 6.39. The Labute approximate surface area is 126 Å². The molecule has 116 valence electrons. The van der Waals surface area contributed by atoms with E-state index in [1.807, 2.05) is 11.8 Å². The smallest absolute Gasteiger partial charge is 0.406 e. The van der Waals surface area contributed by atoms with Gasteiger partial charge < -0.3 is 4.74 Å². The first-order valence-electron chi connectivity index (χ1n) is 6.86. The molecule has 1 aliphatic rings. The summed E-state index contributed by atoms with van der Waals surface area (Å²) in [5.41, 5.74) is 0.722. The topological polar surface area (TPSA) is 26.3 Å². The molecule has 2 nitrogen and oxygen atoms in total. The van der Waals surface area contributed by atoms with E-state index in [0.29, 0.717) is 12.3 Å². The van der Waals surface area contributed by atoms with Gasteiger partial charge in [-0.15, -0.1) is 13.2 Å². The molecule has 21 heavy (non-hydrogen) atoms. The Bertz CT molecular complexity index is 465. The Morgan fingerprint density at radius 2 is 1.81 bits per heavy atom. The van der Waals surface area contributed by atoms with Crippen LogP contribution in [0, 0.1) is 5.92 Å². The van der Waals surface area contributed by atoms with E-state index in [9.17, 15) is 18.0 Å². The lowest BCUT2D eigenvalue weighted by atomic mass is 9.94. The van der Waals surface area contributed by atoms with Crippen molar-refractivity contribution in [2.24, 2.45) is 5.92 Å². The monoisotopic (exact) mass is 318 g/mol. The second-order valence-electron chi connectivity index (χ2n) is 5.17. The number of carbonyl (C=O) groups excluding carboxylic acids is 1. The lowest BCUT2D eigenvalue weighted by Gasteiger charge is -2.20. The summed E-state index contributed by atoms with van der Waals surface area (Å²) in [6.45, 7) is 0. The highest BCUT2D eigenvalue weighted by atomic mass is 32.2. The molecular formula is C15H17F3O2S. The van der Waals surface area contributed by atoms with Crippen LogP contribution < -0.4 is 4.74 Å². The van der Waals surface area contributed by atoms with Gasteiger partial charge in [0.2, 0.25) is 0 Å². The third-order valence-electron chi connectivity index (χ3n) is 3.42. The van der Waals surface area contributed by atoms with Crippen molar-refractivity contribution in [3.8, 4) is 5.75 Å². The number of rotatable bonds is 5. The lowest BCUT2D eigenvalue weighted by molar-refractivity contribution is -0.274. The van der Waals surface area contributed by atoms with Crippen molar-refractivity contribution in [3.63, 3.8) is 0 Å². The van der Waals surface area contributed by atoms with Crippen molar-refractivity contribution in [2.75, 3.05) is 11.5 Å². The molecule has 0 atom stereocenters. The highest BCUT2D eigenvalue weighted by Crippen LogP contribution is 2.26. The van der Waals surface area contributed by atoms with Gasteiger partial charge in [-0.2, -0.15) is 11.8 Å². The molecule has 0 radical (unpaired) electrons. The van der Waals surface area contributed by atoms with Crippen LogP contribution in [0.2, 0.25) is 0 Å². The van der Waals surface area contributed by atoms with E-state index in [1.54, 1.807) is 0 Å². The van der Waals surface area contributed by atoms with Crippen molar-refractivity contribution in [1.82, 2.24) is 0 Å². The number of hydrogen-bond donors (Lipinski definition) is 0. The highest BCUT2D eigenvalue weighted by molar-refractivity contribution is 7.99. The van der Waals surface area contributed by atoms with Crippen molar-refractivity contribution in [2.45, 2.75) is 32.0 Å². The maximum atomic E-state index is 12.0. The minimum atomic E-state index is -4.68. The molecule has 0 amide bonds. The van der Waals surface area contributed by atoms with Crippen LogP contribution in [0.15, 0.2) is 24.3 Å². The molecule has 1 aromatic carbocycles. The average molecular weight is 318 g/mol. The van der Waals surface area contributed by atoms with E-state index in [2.05, 4.69) is 4.74 Å². The average Bonchev–Trinajstić information content (AvgIpc) is 2.40. The Balaban J connectivity index is 1.83. The van der Waals surface area contributed by atoms with Crippen LogP contribution >= 0.6 is 11.8 Å². The fraction of sp³-hybridized carbons (Fsp3) is 0.533. The van der Waals surface area contributed by atoms with E-state index < -0.39 is 6.36 Å². The minimum absolute atomic E-state index is 0.149. The number of thioether (sulfide) groups is 1. The van der Waals surface area contributed by atoms with Gasteiger partial charge in [0.25, 0.3) is 0 Å². The molecule has 2 rings (SSSR count). The summed E-state index contributed by atoms with van der Waals surface area (Å²) in [7, 11) is 0. The van der Waals surface area contributed by atoms with Crippen LogP contribution in [0.25, 0.3) is 0 Å². The summed E-state index contributed by atoms with van der Waals surface area (Å²) in [5, 5.41) is 0. The number of hydrogen-bond acceptors (Lipinski definition) is 3. The number of ketones is 1. The van der Waals surface area contributed by atoms with Crippen LogP contribution in [-0.2, 0) is 11.2 Å². The van der Waals surface area contributed by atoms with Gasteiger partial charge in [0, 0.05) is 12.8 Å². The lowest BCUT2D eigenvalue weighted by Crippen LogP contribution is -2.17. The van der Waals surface area contributed by atoms with Crippen molar-refractivity contribution < 1.29 is 22.7 Å². The molecular weight excluding hydrogens is 301 g/mol. The predicted octanol–water partition coefficient (Wildman–Crippen LogP) is 4.23. The molecule has 0 spiro atoms. The van der Waals surface area contributed by atoms with Gasteiger partial charge in [-0.1, -0.05) is 12.1 Å². The normalized spacial score (nSPS) is 16.7. The SMILES string of the molecule is O=C(Cc1ccc(OC(F)(F)F)cc1)CC1CCSCC1. The third-order valence-corrected chi connectivity index (χ3v) is 4.46. The van der Waals surface area contributed by atoms with Crippen molar-refractivity contribution in [1.29, 1.82) is 0 Å². The standard InChI is InChI=1S/C15H17F3O2S/c16-15(17,18)20-14-3-1-11(2-4-14)9-13(19)10-12-5-7-21-8-6-12/h1-4,12H,5-10H2. The van der Waals surface area contributed by atoms with E-state index in [1.165, 1.54) is 24.3 Å². The first-order chi connectivity index (χ1) is 9.92. The molecule has 1 saturated heterocycles. The molecule has 0 saturated carbocycles. The quantitative estimate of drug-likeness (QED) is 0.812. The van der Waals surface area contributed by atoms with Crippen LogP contribution in [-0.4, -0.2) is 23.7 Å². The van der Waals surface area contributed by atoms with E-state index >= 15 is 0 Å². The van der Waals surface area contributed by atoms with Crippen LogP contribution in [0.5, 0.6) is 5.75 Å². The van der Waals surface area contributed by atoms with Crippen LogP contribution in [0.1, 0.15) is 24.8 Å². The maximum Gasteiger partial charge on any atom is 0.573 e. The Morgan fingerprint density at radius 3 is 2.38 bits per heavy atom. The summed E-state index contributed by atoms with van der Waals surface area (Å²) >= 11 is 1.92. The fourth-order valence-corrected chi connectivity index (χ4v) is 3.59.